The molecule has 0 aliphatic carbocycles. The zero-order chi connectivity index (χ0) is 11.3. The van der Waals surface area contributed by atoms with Crippen LogP contribution in [0.4, 0.5) is 0 Å². The highest BCUT2D eigenvalue weighted by Crippen LogP contribution is 2.18. The Morgan fingerprint density at radius 3 is 2.40 bits per heavy atom. The van der Waals surface area contributed by atoms with Crippen LogP contribution in [0, 0.1) is 0 Å². The molecule has 0 saturated carbocycles. The molecule has 0 aromatic heterocycles. The van der Waals surface area contributed by atoms with Gasteiger partial charge in [-0.15, -0.1) is 0 Å². The molecule has 0 fully saturated rings. The lowest BCUT2D eigenvalue weighted by atomic mass is 10.1. The third-order valence-corrected chi connectivity index (χ3v) is 2.53. The molecule has 1 atom stereocenters. The predicted molar refractivity (Wildman–Crippen MR) is 59.0 cm³/mol. The van der Waals surface area contributed by atoms with E-state index in [1.165, 1.54) is 14.2 Å². The summed E-state index contributed by atoms with van der Waals surface area (Å²) in [6, 6.07) is 7.39. The van der Waals surface area contributed by atoms with Gasteiger partial charge in [0.2, 0.25) is 0 Å². The van der Waals surface area contributed by atoms with Crippen LogP contribution in [0.3, 0.4) is 0 Å². The Bertz CT molecular complexity index is 300. The Morgan fingerprint density at radius 1 is 1.27 bits per heavy atom. The summed E-state index contributed by atoms with van der Waals surface area (Å²) < 4.78 is 9.92. The quantitative estimate of drug-likeness (QED) is 0.785. The van der Waals surface area contributed by atoms with Crippen LogP contribution in [0.2, 0.25) is 5.02 Å². The number of hydrogen-bond donors (Lipinski definition) is 1. The molecule has 0 saturated heterocycles. The largest absolute Gasteiger partial charge is 0.387 e. The minimum atomic E-state index is -0.722. The Kier molecular flexibility index (Phi) is 5.05. The highest BCUT2D eigenvalue weighted by Gasteiger charge is 2.19. The average Bonchev–Trinajstić information content (AvgIpc) is 2.23. The van der Waals surface area contributed by atoms with E-state index < -0.39 is 12.4 Å². The highest BCUT2D eigenvalue weighted by molar-refractivity contribution is 6.31. The molecule has 84 valence electrons. The average molecular weight is 231 g/mol. The number of benzene rings is 1. The van der Waals surface area contributed by atoms with E-state index >= 15 is 0 Å². The van der Waals surface area contributed by atoms with Crippen molar-refractivity contribution in [2.24, 2.45) is 0 Å². The van der Waals surface area contributed by atoms with Crippen molar-refractivity contribution in [1.29, 1.82) is 0 Å². The zero-order valence-electron chi connectivity index (χ0n) is 8.81. The molecule has 0 radical (unpaired) electrons. The normalized spacial score (nSPS) is 13.1. The van der Waals surface area contributed by atoms with Gasteiger partial charge in [0.1, 0.15) is 6.10 Å². The van der Waals surface area contributed by atoms with Crippen molar-refractivity contribution in [3.05, 3.63) is 34.9 Å². The van der Waals surface area contributed by atoms with Gasteiger partial charge in [0, 0.05) is 25.7 Å². The van der Waals surface area contributed by atoms with Crippen molar-refractivity contribution in [3.63, 3.8) is 0 Å². The number of methoxy groups -OCH3 is 2. The molecule has 1 unspecified atom stereocenters. The fraction of sp³-hybridized carbons (Fsp3) is 0.455. The molecule has 1 aromatic carbocycles. The van der Waals surface area contributed by atoms with E-state index in [-0.39, 0.29) is 0 Å². The first-order chi connectivity index (χ1) is 7.19. The number of halogens is 1. The van der Waals surface area contributed by atoms with E-state index in [9.17, 15) is 5.11 Å². The smallest absolute Gasteiger partial charge is 0.183 e. The van der Waals surface area contributed by atoms with Gasteiger partial charge in [-0.1, -0.05) is 29.8 Å². The monoisotopic (exact) mass is 230 g/mol. The molecule has 1 rings (SSSR count). The third kappa shape index (κ3) is 3.47. The molecule has 0 spiro atoms. The summed E-state index contributed by atoms with van der Waals surface area (Å²) in [4.78, 5) is 0. The minimum absolute atomic E-state index is 0.409. The lowest BCUT2D eigenvalue weighted by Crippen LogP contribution is -2.31. The topological polar surface area (TPSA) is 38.7 Å². The summed E-state index contributed by atoms with van der Waals surface area (Å²) in [5, 5.41) is 10.4. The summed E-state index contributed by atoms with van der Waals surface area (Å²) in [5.74, 6) is 0. The Morgan fingerprint density at radius 2 is 1.87 bits per heavy atom. The molecule has 0 aliphatic heterocycles. The predicted octanol–water partition coefficient (Wildman–Crippen LogP) is 1.86. The molecule has 1 aromatic rings. The van der Waals surface area contributed by atoms with E-state index in [0.29, 0.717) is 11.4 Å². The Labute approximate surface area is 94.6 Å². The van der Waals surface area contributed by atoms with Gasteiger partial charge < -0.3 is 14.6 Å². The van der Waals surface area contributed by atoms with Crippen molar-refractivity contribution < 1.29 is 14.6 Å². The van der Waals surface area contributed by atoms with Crippen LogP contribution >= 0.6 is 11.6 Å². The summed E-state index contributed by atoms with van der Waals surface area (Å²) in [7, 11) is 2.98. The van der Waals surface area contributed by atoms with Gasteiger partial charge in [0.25, 0.3) is 0 Å². The van der Waals surface area contributed by atoms with E-state index in [1.54, 1.807) is 6.07 Å². The highest BCUT2D eigenvalue weighted by atomic mass is 35.5. The first kappa shape index (κ1) is 12.5. The molecule has 15 heavy (non-hydrogen) atoms. The first-order valence-corrected chi connectivity index (χ1v) is 5.04. The second kappa shape index (κ2) is 6.08. The van der Waals surface area contributed by atoms with Crippen LogP contribution in [0.5, 0.6) is 0 Å². The lowest BCUT2D eigenvalue weighted by molar-refractivity contribution is -0.163. The minimum Gasteiger partial charge on any atom is -0.387 e. The van der Waals surface area contributed by atoms with Crippen molar-refractivity contribution in [2.75, 3.05) is 14.2 Å². The molecule has 1 N–H and O–H groups in total. The van der Waals surface area contributed by atoms with Crippen LogP contribution in [0.1, 0.15) is 5.56 Å². The van der Waals surface area contributed by atoms with Gasteiger partial charge in [-0.25, -0.2) is 0 Å². The summed E-state index contributed by atoms with van der Waals surface area (Å²) in [6.45, 7) is 0. The third-order valence-electron chi connectivity index (χ3n) is 2.17. The van der Waals surface area contributed by atoms with E-state index in [4.69, 9.17) is 21.1 Å². The van der Waals surface area contributed by atoms with Crippen LogP contribution in [-0.2, 0) is 15.9 Å². The molecule has 4 heteroatoms. The molecule has 0 amide bonds. The lowest BCUT2D eigenvalue weighted by Gasteiger charge is -2.20. The molecule has 3 nitrogen and oxygen atoms in total. The summed E-state index contributed by atoms with van der Waals surface area (Å²) in [5.41, 5.74) is 0.880. The van der Waals surface area contributed by atoms with Gasteiger partial charge in [-0.05, 0) is 11.6 Å². The second-order valence-corrected chi connectivity index (χ2v) is 3.61. The van der Waals surface area contributed by atoms with Crippen LogP contribution in [0.15, 0.2) is 24.3 Å². The van der Waals surface area contributed by atoms with Gasteiger partial charge in [0.05, 0.1) is 0 Å². The Hall–Kier alpha value is -0.610. The van der Waals surface area contributed by atoms with Crippen LogP contribution in [-0.4, -0.2) is 31.7 Å². The molecule has 0 bridgehead atoms. The maximum Gasteiger partial charge on any atom is 0.183 e. The standard InChI is InChI=1S/C11H15ClO3/c1-14-11(15-2)10(13)7-8-5-3-4-6-9(8)12/h3-6,10-11,13H,7H2,1-2H3. The number of aliphatic hydroxyl groups excluding tert-OH is 1. The fourth-order valence-electron chi connectivity index (χ4n) is 1.40. The molecular weight excluding hydrogens is 216 g/mol. The van der Waals surface area contributed by atoms with E-state index in [1.807, 2.05) is 18.2 Å². The van der Waals surface area contributed by atoms with Crippen LogP contribution in [0.25, 0.3) is 0 Å². The number of ether oxygens (including phenoxy) is 2. The van der Waals surface area contributed by atoms with E-state index in [2.05, 4.69) is 0 Å². The maximum atomic E-state index is 9.78. The van der Waals surface area contributed by atoms with Crippen molar-refractivity contribution >= 4 is 11.6 Å². The summed E-state index contributed by atoms with van der Waals surface area (Å²) in [6.07, 6.45) is -0.937. The van der Waals surface area contributed by atoms with Gasteiger partial charge >= 0.3 is 0 Å². The fourth-order valence-corrected chi connectivity index (χ4v) is 1.61. The Balaban J connectivity index is 2.65. The summed E-state index contributed by atoms with van der Waals surface area (Å²) >= 11 is 5.97. The van der Waals surface area contributed by atoms with Gasteiger partial charge in [0.15, 0.2) is 6.29 Å². The molecule has 0 heterocycles. The number of rotatable bonds is 5. The van der Waals surface area contributed by atoms with Crippen molar-refractivity contribution in [2.45, 2.75) is 18.8 Å². The van der Waals surface area contributed by atoms with Crippen LogP contribution < -0.4 is 0 Å². The number of aliphatic hydroxyl groups is 1. The maximum absolute atomic E-state index is 9.78. The zero-order valence-corrected chi connectivity index (χ0v) is 9.57. The van der Waals surface area contributed by atoms with Gasteiger partial charge in [-0.2, -0.15) is 0 Å². The second-order valence-electron chi connectivity index (χ2n) is 3.20. The van der Waals surface area contributed by atoms with Gasteiger partial charge in [-0.3, -0.25) is 0 Å². The number of hydrogen-bond acceptors (Lipinski definition) is 3. The molecule has 0 aliphatic rings. The molecular formula is C11H15ClO3. The SMILES string of the molecule is COC(OC)C(O)Cc1ccccc1Cl. The van der Waals surface area contributed by atoms with E-state index in [0.717, 1.165) is 5.56 Å². The van der Waals surface area contributed by atoms with Crippen molar-refractivity contribution in [3.8, 4) is 0 Å². The van der Waals surface area contributed by atoms with Crippen molar-refractivity contribution in [1.82, 2.24) is 0 Å². The first-order valence-electron chi connectivity index (χ1n) is 4.66.